The number of fused-ring (bicyclic) bond motifs is 3. The van der Waals surface area contributed by atoms with E-state index in [2.05, 4.69) is 35.8 Å². The summed E-state index contributed by atoms with van der Waals surface area (Å²) in [7, 11) is 0. The van der Waals surface area contributed by atoms with Crippen LogP contribution in [-0.2, 0) is 9.59 Å². The molecule has 1 aromatic heterocycles. The summed E-state index contributed by atoms with van der Waals surface area (Å²) >= 11 is 0. The fourth-order valence-corrected chi connectivity index (χ4v) is 4.94. The van der Waals surface area contributed by atoms with E-state index in [1.807, 2.05) is 91.7 Å². The Kier molecular flexibility index (Phi) is 6.82. The van der Waals surface area contributed by atoms with Gasteiger partial charge < -0.3 is 14.2 Å². The van der Waals surface area contributed by atoms with Crippen LogP contribution < -0.4 is 9.64 Å². The van der Waals surface area contributed by atoms with E-state index in [1.165, 1.54) is 0 Å². The zero-order chi connectivity index (χ0) is 25.9. The molecular weight excluding hydrogens is 462 g/mol. The quantitative estimate of drug-likeness (QED) is 0.340. The lowest BCUT2D eigenvalue weighted by Gasteiger charge is -2.40. The number of hydrogen-bond acceptors (Lipinski definition) is 3. The van der Waals surface area contributed by atoms with E-state index >= 15 is 0 Å². The SMILES string of the molecule is Cc1cccc(C2c3cccn3-c3ccccc3N2C(=O)CN(C(=O)COc2ccccc2)C(C)C)c1. The van der Waals surface area contributed by atoms with Crippen LogP contribution in [0.5, 0.6) is 5.75 Å². The Bertz CT molecular complexity index is 1410. The van der Waals surface area contributed by atoms with Crippen LogP contribution in [0.1, 0.15) is 36.7 Å². The molecule has 0 bridgehead atoms. The monoisotopic (exact) mass is 493 g/mol. The number of para-hydroxylation sites is 3. The van der Waals surface area contributed by atoms with Gasteiger partial charge in [-0.1, -0.05) is 60.2 Å². The van der Waals surface area contributed by atoms with E-state index in [4.69, 9.17) is 4.74 Å². The third-order valence-corrected chi connectivity index (χ3v) is 6.70. The topological polar surface area (TPSA) is 54.8 Å². The smallest absolute Gasteiger partial charge is 0.261 e. The Morgan fingerprint density at radius 1 is 0.892 bits per heavy atom. The first-order chi connectivity index (χ1) is 17.9. The molecule has 3 aromatic carbocycles. The minimum Gasteiger partial charge on any atom is -0.484 e. The molecule has 1 atom stereocenters. The Balaban J connectivity index is 1.48. The zero-order valence-electron chi connectivity index (χ0n) is 21.4. The molecule has 1 aliphatic rings. The fraction of sp³-hybridized carbons (Fsp3) is 0.226. The van der Waals surface area contributed by atoms with Gasteiger partial charge in [-0.3, -0.25) is 14.5 Å². The van der Waals surface area contributed by atoms with E-state index in [0.29, 0.717) is 5.75 Å². The molecule has 6 heteroatoms. The number of ether oxygens (including phenoxy) is 1. The van der Waals surface area contributed by atoms with E-state index < -0.39 is 0 Å². The van der Waals surface area contributed by atoms with Crippen molar-refractivity contribution in [2.24, 2.45) is 0 Å². The van der Waals surface area contributed by atoms with Crippen molar-refractivity contribution in [3.63, 3.8) is 0 Å². The number of aryl methyl sites for hydroxylation is 1. The Morgan fingerprint density at radius 2 is 1.62 bits per heavy atom. The van der Waals surface area contributed by atoms with E-state index in [9.17, 15) is 9.59 Å². The van der Waals surface area contributed by atoms with Crippen LogP contribution in [0.4, 0.5) is 5.69 Å². The standard InChI is InChI=1S/C31H31N3O3/c1-22(2)33(30(36)21-37-25-13-5-4-6-14-25)20-29(35)34-27-16-8-7-15-26(27)32-18-10-17-28(32)31(34)24-12-9-11-23(3)19-24/h4-19,22,31H,20-21H2,1-3H3. The van der Waals surface area contributed by atoms with E-state index in [1.54, 1.807) is 4.90 Å². The average Bonchev–Trinajstić information content (AvgIpc) is 3.40. The summed E-state index contributed by atoms with van der Waals surface area (Å²) in [5, 5.41) is 0. The second-order valence-electron chi connectivity index (χ2n) is 9.59. The van der Waals surface area contributed by atoms with Crippen molar-refractivity contribution in [3.8, 4) is 11.4 Å². The molecule has 0 spiro atoms. The van der Waals surface area contributed by atoms with E-state index in [0.717, 1.165) is 28.2 Å². The molecule has 0 fully saturated rings. The van der Waals surface area contributed by atoms with Gasteiger partial charge >= 0.3 is 0 Å². The second kappa shape index (κ2) is 10.3. The Hall–Kier alpha value is -4.32. The predicted molar refractivity (Wildman–Crippen MR) is 145 cm³/mol. The number of hydrogen-bond donors (Lipinski definition) is 0. The first-order valence-corrected chi connectivity index (χ1v) is 12.6. The molecule has 0 N–H and O–H groups in total. The van der Waals surface area contributed by atoms with Crippen LogP contribution in [0.3, 0.4) is 0 Å². The third-order valence-electron chi connectivity index (χ3n) is 6.70. The number of benzene rings is 3. The molecule has 0 radical (unpaired) electrons. The van der Waals surface area contributed by atoms with Gasteiger partial charge in [0.2, 0.25) is 5.91 Å². The summed E-state index contributed by atoms with van der Waals surface area (Å²) in [6, 6.07) is 29.0. The van der Waals surface area contributed by atoms with Gasteiger partial charge in [0.25, 0.3) is 5.91 Å². The van der Waals surface area contributed by atoms with Gasteiger partial charge in [0.05, 0.1) is 17.1 Å². The minimum atomic E-state index is -0.318. The maximum atomic E-state index is 14.1. The maximum absolute atomic E-state index is 14.1. The highest BCUT2D eigenvalue weighted by molar-refractivity contribution is 6.00. The highest BCUT2D eigenvalue weighted by Crippen LogP contribution is 2.42. The van der Waals surface area contributed by atoms with Crippen LogP contribution in [0.2, 0.25) is 0 Å². The van der Waals surface area contributed by atoms with Gasteiger partial charge in [-0.25, -0.2) is 0 Å². The number of carbonyl (C=O) groups is 2. The van der Waals surface area contributed by atoms with Crippen LogP contribution in [0.25, 0.3) is 5.69 Å². The number of carbonyl (C=O) groups excluding carboxylic acids is 2. The molecule has 0 saturated heterocycles. The lowest BCUT2D eigenvalue weighted by molar-refractivity contribution is -0.138. The third kappa shape index (κ3) is 4.87. The van der Waals surface area contributed by atoms with Crippen molar-refractivity contribution in [1.29, 1.82) is 0 Å². The number of rotatable bonds is 7. The predicted octanol–water partition coefficient (Wildman–Crippen LogP) is 5.54. The van der Waals surface area contributed by atoms with Crippen LogP contribution in [-0.4, -0.2) is 40.5 Å². The number of anilines is 1. The summed E-state index contributed by atoms with van der Waals surface area (Å²) in [6.07, 6.45) is 2.03. The largest absolute Gasteiger partial charge is 0.484 e. The number of amides is 2. The normalized spacial score (nSPS) is 14.2. The highest BCUT2D eigenvalue weighted by Gasteiger charge is 2.37. The van der Waals surface area contributed by atoms with Crippen molar-refractivity contribution in [2.75, 3.05) is 18.1 Å². The molecule has 1 unspecified atom stereocenters. The number of nitrogens with zero attached hydrogens (tertiary/aromatic N) is 3. The van der Waals surface area contributed by atoms with Gasteiger partial charge in [0.1, 0.15) is 18.3 Å². The molecule has 2 heterocycles. The maximum Gasteiger partial charge on any atom is 0.261 e. The van der Waals surface area contributed by atoms with Crippen molar-refractivity contribution >= 4 is 17.5 Å². The van der Waals surface area contributed by atoms with Crippen molar-refractivity contribution < 1.29 is 14.3 Å². The van der Waals surface area contributed by atoms with Crippen LogP contribution >= 0.6 is 0 Å². The molecule has 2 amide bonds. The fourth-order valence-electron chi connectivity index (χ4n) is 4.94. The summed E-state index contributed by atoms with van der Waals surface area (Å²) in [5.74, 6) is 0.247. The van der Waals surface area contributed by atoms with Crippen LogP contribution in [0, 0.1) is 6.92 Å². The number of aromatic nitrogens is 1. The van der Waals surface area contributed by atoms with Crippen molar-refractivity contribution in [2.45, 2.75) is 32.9 Å². The summed E-state index contributed by atoms with van der Waals surface area (Å²) in [5.41, 5.74) is 4.91. The van der Waals surface area contributed by atoms with Gasteiger partial charge in [-0.15, -0.1) is 0 Å². The molecule has 6 nitrogen and oxygen atoms in total. The zero-order valence-corrected chi connectivity index (χ0v) is 21.4. The molecule has 188 valence electrons. The van der Waals surface area contributed by atoms with Crippen LogP contribution in [0.15, 0.2) is 97.2 Å². The second-order valence-corrected chi connectivity index (χ2v) is 9.59. The molecule has 5 rings (SSSR count). The minimum absolute atomic E-state index is 0.0496. The van der Waals surface area contributed by atoms with Crippen molar-refractivity contribution in [3.05, 3.63) is 114 Å². The first kappa shape index (κ1) is 24.4. The lowest BCUT2D eigenvalue weighted by Crippen LogP contribution is -2.49. The molecule has 4 aromatic rings. The van der Waals surface area contributed by atoms with Gasteiger partial charge in [0, 0.05) is 12.2 Å². The average molecular weight is 494 g/mol. The van der Waals surface area contributed by atoms with Crippen molar-refractivity contribution in [1.82, 2.24) is 9.47 Å². The van der Waals surface area contributed by atoms with Gasteiger partial charge in [0.15, 0.2) is 6.61 Å². The Morgan fingerprint density at radius 3 is 2.35 bits per heavy atom. The van der Waals surface area contributed by atoms with Gasteiger partial charge in [-0.05, 0) is 62.7 Å². The molecule has 1 aliphatic heterocycles. The molecule has 37 heavy (non-hydrogen) atoms. The van der Waals surface area contributed by atoms with E-state index in [-0.39, 0.29) is 37.0 Å². The molecule has 0 saturated carbocycles. The highest BCUT2D eigenvalue weighted by atomic mass is 16.5. The molecule has 0 aliphatic carbocycles. The van der Waals surface area contributed by atoms with Gasteiger partial charge in [-0.2, -0.15) is 0 Å². The molecular formula is C31H31N3O3. The summed E-state index contributed by atoms with van der Waals surface area (Å²) < 4.78 is 7.85. The summed E-state index contributed by atoms with van der Waals surface area (Å²) in [4.78, 5) is 30.8. The summed E-state index contributed by atoms with van der Waals surface area (Å²) in [6.45, 7) is 5.71. The lowest BCUT2D eigenvalue weighted by atomic mass is 9.96. The Labute approximate surface area is 217 Å². The first-order valence-electron chi connectivity index (χ1n) is 12.6.